The van der Waals surface area contributed by atoms with Crippen molar-refractivity contribution in [2.24, 2.45) is 12.8 Å². The summed E-state index contributed by atoms with van der Waals surface area (Å²) in [6.45, 7) is 2.11. The Balaban J connectivity index is 1.99. The Morgan fingerprint density at radius 1 is 1.43 bits per heavy atom. The molecule has 2 amide bonds. The maximum absolute atomic E-state index is 11.9. The van der Waals surface area contributed by atoms with Crippen LogP contribution in [0, 0.1) is 6.92 Å². The third-order valence-corrected chi connectivity index (χ3v) is 3.72. The van der Waals surface area contributed by atoms with Crippen molar-refractivity contribution < 1.29 is 9.59 Å². The Bertz CT molecular complexity index is 780. The van der Waals surface area contributed by atoms with Gasteiger partial charge in [-0.3, -0.25) is 14.3 Å². The highest BCUT2D eigenvalue weighted by atomic mass is 35.5. The van der Waals surface area contributed by atoms with Crippen LogP contribution in [0.4, 0.5) is 0 Å². The highest BCUT2D eigenvalue weighted by Gasteiger charge is 2.08. The molecule has 0 saturated carbocycles. The largest absolute Gasteiger partial charge is 0.366 e. The van der Waals surface area contributed by atoms with Crippen LogP contribution in [0.15, 0.2) is 30.3 Å². The lowest BCUT2D eigenvalue weighted by Gasteiger charge is -2.04. The number of aromatic nitrogens is 2. The molecule has 2 aromatic rings. The molecule has 0 unspecified atom stereocenters. The maximum Gasteiger partial charge on any atom is 0.248 e. The van der Waals surface area contributed by atoms with Gasteiger partial charge in [0.2, 0.25) is 11.8 Å². The topological polar surface area (TPSA) is 90.0 Å². The van der Waals surface area contributed by atoms with Crippen LogP contribution in [-0.2, 0) is 18.4 Å². The fourth-order valence-corrected chi connectivity index (χ4v) is 2.31. The molecule has 23 heavy (non-hydrogen) atoms. The second-order valence-electron chi connectivity index (χ2n) is 5.03. The summed E-state index contributed by atoms with van der Waals surface area (Å²) in [7, 11) is 1.73. The van der Waals surface area contributed by atoms with Crippen LogP contribution in [0.5, 0.6) is 0 Å². The molecule has 120 valence electrons. The van der Waals surface area contributed by atoms with E-state index in [9.17, 15) is 9.59 Å². The Morgan fingerprint density at radius 3 is 2.78 bits per heavy atom. The minimum Gasteiger partial charge on any atom is -0.366 e. The molecule has 0 radical (unpaired) electrons. The number of carbonyl (C=O) groups excluding carboxylic acids is 2. The van der Waals surface area contributed by atoms with Crippen molar-refractivity contribution in [1.82, 2.24) is 15.1 Å². The van der Waals surface area contributed by atoms with Crippen molar-refractivity contribution in [2.45, 2.75) is 13.5 Å². The highest BCUT2D eigenvalue weighted by Crippen LogP contribution is 2.19. The molecule has 0 aliphatic rings. The summed E-state index contributed by atoms with van der Waals surface area (Å²) in [4.78, 5) is 23.0. The summed E-state index contributed by atoms with van der Waals surface area (Å²) in [6.07, 6.45) is 3.02. The third-order valence-electron chi connectivity index (χ3n) is 3.28. The van der Waals surface area contributed by atoms with Crippen LogP contribution in [0.25, 0.3) is 6.08 Å². The van der Waals surface area contributed by atoms with Gasteiger partial charge in [0.15, 0.2) is 0 Å². The van der Waals surface area contributed by atoms with Gasteiger partial charge in [0.05, 0.1) is 5.69 Å². The first-order valence-electron chi connectivity index (χ1n) is 6.92. The minimum atomic E-state index is -0.500. The zero-order chi connectivity index (χ0) is 17.0. The number of hydrogen-bond donors (Lipinski definition) is 2. The average Bonchev–Trinajstić information content (AvgIpc) is 2.76. The minimum absolute atomic E-state index is 0.270. The molecule has 0 fully saturated rings. The Hall–Kier alpha value is -2.60. The summed E-state index contributed by atoms with van der Waals surface area (Å²) in [6, 6.07) is 6.80. The number of aryl methyl sites for hydroxylation is 2. The van der Waals surface area contributed by atoms with E-state index in [4.69, 9.17) is 17.3 Å². The fourth-order valence-electron chi connectivity index (χ4n) is 2.08. The summed E-state index contributed by atoms with van der Waals surface area (Å²) >= 11 is 6.09. The van der Waals surface area contributed by atoms with Gasteiger partial charge in [0, 0.05) is 30.8 Å². The number of benzene rings is 1. The smallest absolute Gasteiger partial charge is 0.248 e. The van der Waals surface area contributed by atoms with E-state index in [2.05, 4.69) is 10.4 Å². The van der Waals surface area contributed by atoms with E-state index in [1.807, 2.05) is 6.92 Å². The van der Waals surface area contributed by atoms with Gasteiger partial charge in [-0.1, -0.05) is 23.7 Å². The van der Waals surface area contributed by atoms with Gasteiger partial charge in [0.1, 0.15) is 5.15 Å². The summed E-state index contributed by atoms with van der Waals surface area (Å²) in [5, 5.41) is 7.37. The molecular weight excluding hydrogens is 316 g/mol. The van der Waals surface area contributed by atoms with Crippen molar-refractivity contribution in [1.29, 1.82) is 0 Å². The normalized spacial score (nSPS) is 10.9. The van der Waals surface area contributed by atoms with Gasteiger partial charge >= 0.3 is 0 Å². The first-order valence-corrected chi connectivity index (χ1v) is 7.30. The molecule has 0 aliphatic carbocycles. The lowest BCUT2D eigenvalue weighted by Crippen LogP contribution is -2.20. The zero-order valence-corrected chi connectivity index (χ0v) is 13.6. The van der Waals surface area contributed by atoms with E-state index >= 15 is 0 Å². The van der Waals surface area contributed by atoms with E-state index < -0.39 is 5.91 Å². The quantitative estimate of drug-likeness (QED) is 0.818. The van der Waals surface area contributed by atoms with Crippen molar-refractivity contribution in [3.63, 3.8) is 0 Å². The van der Waals surface area contributed by atoms with Gasteiger partial charge in [-0.25, -0.2) is 0 Å². The number of nitrogens with two attached hydrogens (primary N) is 1. The van der Waals surface area contributed by atoms with Gasteiger partial charge in [-0.2, -0.15) is 5.10 Å². The second-order valence-corrected chi connectivity index (χ2v) is 5.39. The number of halogens is 1. The predicted molar refractivity (Wildman–Crippen MR) is 88.8 cm³/mol. The van der Waals surface area contributed by atoms with Crippen LogP contribution in [0.1, 0.15) is 27.2 Å². The summed E-state index contributed by atoms with van der Waals surface area (Å²) in [5.74, 6) is -0.770. The molecule has 0 atom stereocenters. The number of rotatable bonds is 5. The van der Waals surface area contributed by atoms with Gasteiger partial charge in [0.25, 0.3) is 0 Å². The number of primary amides is 1. The molecule has 1 heterocycles. The standard InChI is InChI=1S/C16H17ClN4O2/c1-10-13(15(17)21(2)20-10)6-7-14(22)19-9-11-4-3-5-12(8-11)16(18)23/h3-8H,9H2,1-2H3,(H2,18,23)(H,19,22)/b7-6+. The van der Waals surface area contributed by atoms with Crippen LogP contribution >= 0.6 is 11.6 Å². The summed E-state index contributed by atoms with van der Waals surface area (Å²) in [5.41, 5.74) is 7.88. The number of amides is 2. The van der Waals surface area contributed by atoms with E-state index in [0.29, 0.717) is 22.8 Å². The fraction of sp³-hybridized carbons (Fsp3) is 0.188. The number of carbonyl (C=O) groups is 2. The molecule has 0 saturated heterocycles. The van der Waals surface area contributed by atoms with Crippen molar-refractivity contribution in [3.05, 3.63) is 57.9 Å². The second kappa shape index (κ2) is 7.11. The predicted octanol–water partition coefficient (Wildman–Crippen LogP) is 1.81. The Labute approximate surface area is 138 Å². The zero-order valence-electron chi connectivity index (χ0n) is 12.8. The van der Waals surface area contributed by atoms with Gasteiger partial charge < -0.3 is 11.1 Å². The van der Waals surface area contributed by atoms with Crippen LogP contribution < -0.4 is 11.1 Å². The van der Waals surface area contributed by atoms with Crippen LogP contribution in [0.2, 0.25) is 5.15 Å². The monoisotopic (exact) mass is 332 g/mol. The number of hydrogen-bond acceptors (Lipinski definition) is 3. The van der Waals surface area contributed by atoms with Crippen molar-refractivity contribution in [2.75, 3.05) is 0 Å². The lowest BCUT2D eigenvalue weighted by atomic mass is 10.1. The Morgan fingerprint density at radius 2 is 2.17 bits per heavy atom. The molecule has 1 aromatic carbocycles. The van der Waals surface area contributed by atoms with Gasteiger partial charge in [-0.05, 0) is 30.7 Å². The van der Waals surface area contributed by atoms with Crippen molar-refractivity contribution >= 4 is 29.5 Å². The number of nitrogens with one attached hydrogen (secondary N) is 1. The van der Waals surface area contributed by atoms with E-state index in [0.717, 1.165) is 11.3 Å². The van der Waals surface area contributed by atoms with E-state index in [1.165, 1.54) is 6.08 Å². The molecule has 6 nitrogen and oxygen atoms in total. The van der Waals surface area contributed by atoms with Crippen LogP contribution in [0.3, 0.4) is 0 Å². The third kappa shape index (κ3) is 4.20. The molecular formula is C16H17ClN4O2. The number of nitrogens with zero attached hydrogens (tertiary/aromatic N) is 2. The molecule has 7 heteroatoms. The first kappa shape index (κ1) is 16.8. The molecule has 0 aliphatic heterocycles. The van der Waals surface area contributed by atoms with Crippen molar-refractivity contribution in [3.8, 4) is 0 Å². The first-order chi connectivity index (χ1) is 10.9. The molecule has 1 aromatic heterocycles. The van der Waals surface area contributed by atoms with Crippen LogP contribution in [-0.4, -0.2) is 21.6 Å². The SMILES string of the molecule is Cc1nn(C)c(Cl)c1/C=C/C(=O)NCc1cccc(C(N)=O)c1. The molecule has 3 N–H and O–H groups in total. The van der Waals surface area contributed by atoms with E-state index in [1.54, 1.807) is 42.1 Å². The summed E-state index contributed by atoms with van der Waals surface area (Å²) < 4.78 is 1.55. The molecule has 2 rings (SSSR count). The average molecular weight is 333 g/mol. The van der Waals surface area contributed by atoms with E-state index in [-0.39, 0.29) is 5.91 Å². The van der Waals surface area contributed by atoms with Gasteiger partial charge in [-0.15, -0.1) is 0 Å². The lowest BCUT2D eigenvalue weighted by molar-refractivity contribution is -0.116. The highest BCUT2D eigenvalue weighted by molar-refractivity contribution is 6.31. The molecule has 0 spiro atoms. The Kier molecular flexibility index (Phi) is 5.18. The molecule has 0 bridgehead atoms. The maximum atomic E-state index is 11.9.